The maximum Gasteiger partial charge on any atom is 0.732 e. The lowest BCUT2D eigenvalue weighted by Gasteiger charge is -2.35. The zero-order chi connectivity index (χ0) is 24.4. The second-order valence-electron chi connectivity index (χ2n) is 9.18. The minimum absolute atomic E-state index is 0.0562. The van der Waals surface area contributed by atoms with E-state index < -0.39 is 17.9 Å². The number of rotatable bonds is 3. The highest BCUT2D eigenvalue weighted by Gasteiger charge is 2.55. The van der Waals surface area contributed by atoms with Gasteiger partial charge < -0.3 is 22.5 Å². The number of nitrogens with zero attached hydrogens (tertiary/aromatic N) is 4. The van der Waals surface area contributed by atoms with Gasteiger partial charge in [0.05, 0.1) is 10.5 Å². The summed E-state index contributed by atoms with van der Waals surface area (Å²) in [4.78, 5) is 12.4. The van der Waals surface area contributed by atoms with Crippen molar-refractivity contribution < 1.29 is 18.0 Å². The summed E-state index contributed by atoms with van der Waals surface area (Å²) in [7, 11) is 0. The molecule has 0 N–H and O–H groups in total. The van der Waals surface area contributed by atoms with E-state index in [0.717, 1.165) is 27.8 Å². The molecule has 3 aliphatic heterocycles. The van der Waals surface area contributed by atoms with Gasteiger partial charge in [-0.3, -0.25) is 10.1 Å². The van der Waals surface area contributed by atoms with Crippen molar-refractivity contribution in [2.24, 2.45) is 0 Å². The molecular formula is C25H25BF2N4O2. The molecule has 1 aromatic carbocycles. The first kappa shape index (κ1) is 22.1. The first-order valence-corrected chi connectivity index (χ1v) is 11.2. The smallest absolute Gasteiger partial charge is 0.394 e. The molecule has 0 fully saturated rings. The first-order valence-electron chi connectivity index (χ1n) is 11.2. The van der Waals surface area contributed by atoms with Crippen molar-refractivity contribution >= 4 is 23.9 Å². The number of hydrogen-bond donors (Lipinski definition) is 0. The monoisotopic (exact) mass is 462 g/mol. The third-order valence-corrected chi connectivity index (χ3v) is 6.79. The highest BCUT2D eigenvalue weighted by Crippen LogP contribution is 2.41. The van der Waals surface area contributed by atoms with Gasteiger partial charge in [0.1, 0.15) is 6.04 Å². The topological polar surface area (TPSA) is 54.3 Å². The molecule has 174 valence electrons. The predicted octanol–water partition coefficient (Wildman–Crippen LogP) is 5.35. The molecule has 0 saturated heterocycles. The van der Waals surface area contributed by atoms with Crippen molar-refractivity contribution in [1.82, 2.24) is 9.38 Å². The zero-order valence-corrected chi connectivity index (χ0v) is 19.5. The van der Waals surface area contributed by atoms with E-state index in [4.69, 9.17) is 0 Å². The molecule has 0 aliphatic carbocycles. The van der Waals surface area contributed by atoms with E-state index >= 15 is 8.63 Å². The Morgan fingerprint density at radius 3 is 2.38 bits per heavy atom. The van der Waals surface area contributed by atoms with Crippen LogP contribution in [0.2, 0.25) is 0 Å². The van der Waals surface area contributed by atoms with E-state index in [1.807, 2.05) is 62.4 Å². The third-order valence-electron chi connectivity index (χ3n) is 6.79. The summed E-state index contributed by atoms with van der Waals surface area (Å²) < 4.78 is 34.0. The lowest BCUT2D eigenvalue weighted by molar-refractivity contribution is -0.447. The number of nitro benzene ring substituents is 1. The number of fused-ring (bicyclic) bond motifs is 1. The van der Waals surface area contributed by atoms with E-state index in [1.165, 1.54) is 21.1 Å². The normalized spacial score (nSPS) is 20.6. The van der Waals surface area contributed by atoms with Gasteiger partial charge >= 0.3 is 6.97 Å². The van der Waals surface area contributed by atoms with Gasteiger partial charge in [-0.25, -0.2) is 0 Å². The molecular weight excluding hydrogens is 437 g/mol. The number of hydrogen-bond acceptors (Lipinski definition) is 3. The predicted molar refractivity (Wildman–Crippen MR) is 130 cm³/mol. The van der Waals surface area contributed by atoms with Gasteiger partial charge in [0.25, 0.3) is 5.69 Å². The molecule has 9 heteroatoms. The number of benzene rings is 1. The van der Waals surface area contributed by atoms with E-state index in [-0.39, 0.29) is 5.69 Å². The summed E-state index contributed by atoms with van der Waals surface area (Å²) in [6.07, 6.45) is 9.63. The summed E-state index contributed by atoms with van der Waals surface area (Å²) >= 11 is 0. The summed E-state index contributed by atoms with van der Waals surface area (Å²) in [6.45, 7) is 3.91. The van der Waals surface area contributed by atoms with Crippen LogP contribution in [0.1, 0.15) is 36.4 Å². The van der Waals surface area contributed by atoms with Crippen LogP contribution in [0.25, 0.3) is 5.57 Å². The zero-order valence-electron chi connectivity index (χ0n) is 19.5. The molecule has 0 amide bonds. The summed E-state index contributed by atoms with van der Waals surface area (Å²) in [6, 6.07) is 7.89. The number of halogens is 2. The molecule has 3 aliphatic rings. The first-order chi connectivity index (χ1) is 16.1. The van der Waals surface area contributed by atoms with Crippen LogP contribution in [-0.2, 0) is 6.54 Å². The SMILES string of the molecule is CC1=CC(C)[N+]2=C1C(=C1C=CN(Cc3ccc([N+](=O)[O-])cc3)C=C1)c1c(C)cc(C)n1[B-]2(F)F. The fourth-order valence-corrected chi connectivity index (χ4v) is 5.40. The molecule has 0 spiro atoms. The molecule has 1 atom stereocenters. The fraction of sp³-hybridized carbons (Fsp3) is 0.240. The Morgan fingerprint density at radius 2 is 1.76 bits per heavy atom. The van der Waals surface area contributed by atoms with Crippen LogP contribution in [-0.4, -0.2) is 37.5 Å². The Morgan fingerprint density at radius 1 is 1.12 bits per heavy atom. The molecule has 0 saturated carbocycles. The number of aryl methyl sites for hydroxylation is 2. The van der Waals surface area contributed by atoms with Gasteiger partial charge in [-0.05, 0) is 74.4 Å². The fourth-order valence-electron chi connectivity index (χ4n) is 5.40. The van der Waals surface area contributed by atoms with E-state index in [9.17, 15) is 10.1 Å². The van der Waals surface area contributed by atoms with Crippen LogP contribution in [0.4, 0.5) is 14.3 Å². The van der Waals surface area contributed by atoms with Crippen molar-refractivity contribution in [3.05, 3.63) is 105 Å². The van der Waals surface area contributed by atoms with Crippen molar-refractivity contribution in [2.45, 2.75) is 40.3 Å². The maximum atomic E-state index is 15.8. The molecule has 1 aromatic heterocycles. The molecule has 0 radical (unpaired) electrons. The van der Waals surface area contributed by atoms with Crippen molar-refractivity contribution in [1.29, 1.82) is 0 Å². The second-order valence-corrected chi connectivity index (χ2v) is 9.18. The number of aromatic nitrogens is 1. The minimum atomic E-state index is -3.96. The highest BCUT2D eigenvalue weighted by molar-refractivity contribution is 6.60. The largest absolute Gasteiger partial charge is 0.732 e. The van der Waals surface area contributed by atoms with Gasteiger partial charge in [0.2, 0.25) is 0 Å². The van der Waals surface area contributed by atoms with Crippen molar-refractivity contribution in [3.63, 3.8) is 0 Å². The number of allylic oxidation sites excluding steroid dienone is 5. The standard InChI is InChI=1S/C25H25BF2N4O2/c1-16-13-18(3)30-24(16)23(25-17(2)14-19(4)31(25)26(30,27)28)21-9-11-29(12-10-21)15-20-5-7-22(8-6-20)32(33)34/h5-14,18H,15H2,1-4H3. The van der Waals surface area contributed by atoms with Crippen LogP contribution in [0.5, 0.6) is 0 Å². The molecule has 4 heterocycles. The van der Waals surface area contributed by atoms with E-state index in [1.54, 1.807) is 19.1 Å². The Hall–Kier alpha value is -3.75. The van der Waals surface area contributed by atoms with Gasteiger partial charge in [0, 0.05) is 42.3 Å². The van der Waals surface area contributed by atoms with Gasteiger partial charge in [0.15, 0.2) is 5.71 Å². The van der Waals surface area contributed by atoms with Crippen LogP contribution in [0, 0.1) is 24.0 Å². The molecule has 6 nitrogen and oxygen atoms in total. The lowest BCUT2D eigenvalue weighted by atomic mass is 9.83. The highest BCUT2D eigenvalue weighted by atomic mass is 19.2. The van der Waals surface area contributed by atoms with Gasteiger partial charge in [-0.2, -0.15) is 0 Å². The van der Waals surface area contributed by atoms with Gasteiger partial charge in [-0.15, -0.1) is 0 Å². The summed E-state index contributed by atoms with van der Waals surface area (Å²) in [5.41, 5.74) is 6.08. The van der Waals surface area contributed by atoms with Crippen LogP contribution >= 0.6 is 0 Å². The van der Waals surface area contributed by atoms with Crippen LogP contribution < -0.4 is 0 Å². The Bertz CT molecular complexity index is 1360. The third kappa shape index (κ3) is 3.26. The average Bonchev–Trinajstić information content (AvgIpc) is 3.25. The minimum Gasteiger partial charge on any atom is -0.394 e. The van der Waals surface area contributed by atoms with Crippen molar-refractivity contribution in [2.75, 3.05) is 0 Å². The second kappa shape index (κ2) is 7.65. The Kier molecular flexibility index (Phi) is 4.96. The Labute approximate surface area is 196 Å². The lowest BCUT2D eigenvalue weighted by Crippen LogP contribution is -2.55. The number of nitro groups is 1. The Balaban J connectivity index is 1.56. The van der Waals surface area contributed by atoms with E-state index in [0.29, 0.717) is 23.6 Å². The molecule has 5 rings (SSSR count). The summed E-state index contributed by atoms with van der Waals surface area (Å²) in [5, 5.41) is 10.9. The molecule has 34 heavy (non-hydrogen) atoms. The van der Waals surface area contributed by atoms with Crippen LogP contribution in [0.15, 0.2) is 72.1 Å². The summed E-state index contributed by atoms with van der Waals surface area (Å²) in [5.74, 6) is 0. The number of non-ortho nitro benzene ring substituents is 1. The molecule has 0 bridgehead atoms. The maximum absolute atomic E-state index is 15.8. The quantitative estimate of drug-likeness (QED) is 0.351. The van der Waals surface area contributed by atoms with E-state index in [2.05, 4.69) is 0 Å². The molecule has 2 aromatic rings. The molecule has 1 unspecified atom stereocenters. The van der Waals surface area contributed by atoms with Crippen molar-refractivity contribution in [3.8, 4) is 0 Å². The average molecular weight is 462 g/mol. The van der Waals surface area contributed by atoms with Crippen LogP contribution in [0.3, 0.4) is 0 Å². The van der Waals surface area contributed by atoms with Gasteiger partial charge in [-0.1, -0.05) is 12.1 Å².